The smallest absolute Gasteiger partial charge is 0.225 e. The van der Waals surface area contributed by atoms with Crippen LogP contribution < -0.4 is 5.32 Å². The van der Waals surface area contributed by atoms with Gasteiger partial charge in [-0.1, -0.05) is 44.2 Å². The lowest BCUT2D eigenvalue weighted by atomic mass is 10.1. The van der Waals surface area contributed by atoms with Crippen LogP contribution in [0.25, 0.3) is 0 Å². The van der Waals surface area contributed by atoms with Crippen LogP contribution in [-0.2, 0) is 16.0 Å². The van der Waals surface area contributed by atoms with Crippen molar-refractivity contribution in [2.24, 2.45) is 11.8 Å². The monoisotopic (exact) mass is 318 g/mol. The zero-order valence-corrected chi connectivity index (χ0v) is 13.9. The molecule has 5 nitrogen and oxygen atoms in total. The molecule has 2 N–H and O–H groups in total. The van der Waals surface area contributed by atoms with Gasteiger partial charge in [-0.15, -0.1) is 0 Å². The average Bonchev–Trinajstić information content (AvgIpc) is 2.92. The number of nitrogens with one attached hydrogen (secondary N) is 1. The molecule has 1 aromatic carbocycles. The van der Waals surface area contributed by atoms with E-state index >= 15 is 0 Å². The van der Waals surface area contributed by atoms with Crippen molar-refractivity contribution in [1.82, 2.24) is 10.2 Å². The second kappa shape index (κ2) is 8.11. The molecule has 0 saturated carbocycles. The molecule has 1 heterocycles. The summed E-state index contributed by atoms with van der Waals surface area (Å²) < 4.78 is 0. The maximum atomic E-state index is 12.1. The van der Waals surface area contributed by atoms with Gasteiger partial charge in [-0.3, -0.25) is 9.59 Å². The Morgan fingerprint density at radius 1 is 1.35 bits per heavy atom. The molecule has 1 aromatic rings. The molecule has 1 aliphatic rings. The minimum Gasteiger partial charge on any atom is -0.391 e. The summed E-state index contributed by atoms with van der Waals surface area (Å²) in [6, 6.07) is 10.0. The van der Waals surface area contributed by atoms with Crippen LogP contribution in [0.1, 0.15) is 25.8 Å². The molecule has 0 spiro atoms. The summed E-state index contributed by atoms with van der Waals surface area (Å²) in [5.74, 6) is -0.314. The first-order valence-electron chi connectivity index (χ1n) is 8.25. The van der Waals surface area contributed by atoms with Crippen LogP contribution in [0.2, 0.25) is 0 Å². The van der Waals surface area contributed by atoms with Gasteiger partial charge in [0.1, 0.15) is 0 Å². The van der Waals surface area contributed by atoms with Crippen molar-refractivity contribution in [2.75, 3.05) is 19.6 Å². The Balaban J connectivity index is 1.78. The number of nitrogens with zero attached hydrogens (tertiary/aromatic N) is 1. The van der Waals surface area contributed by atoms with E-state index in [4.69, 9.17) is 0 Å². The quantitative estimate of drug-likeness (QED) is 0.794. The fourth-order valence-electron chi connectivity index (χ4n) is 2.66. The fourth-order valence-corrected chi connectivity index (χ4v) is 2.66. The van der Waals surface area contributed by atoms with Crippen LogP contribution >= 0.6 is 0 Å². The van der Waals surface area contributed by atoms with Crippen LogP contribution in [0, 0.1) is 11.8 Å². The summed E-state index contributed by atoms with van der Waals surface area (Å²) in [6.45, 7) is 5.16. The summed E-state index contributed by atoms with van der Waals surface area (Å²) in [5.41, 5.74) is 1.19. The first kappa shape index (κ1) is 17.5. The van der Waals surface area contributed by atoms with Crippen LogP contribution in [0.4, 0.5) is 0 Å². The Hall–Kier alpha value is -1.88. The van der Waals surface area contributed by atoms with Gasteiger partial charge >= 0.3 is 0 Å². The highest BCUT2D eigenvalue weighted by molar-refractivity contribution is 5.89. The van der Waals surface area contributed by atoms with E-state index in [9.17, 15) is 14.7 Å². The molecule has 0 radical (unpaired) electrons. The van der Waals surface area contributed by atoms with Crippen molar-refractivity contribution in [2.45, 2.75) is 32.8 Å². The van der Waals surface area contributed by atoms with Gasteiger partial charge in [0.2, 0.25) is 11.8 Å². The lowest BCUT2D eigenvalue weighted by molar-refractivity contribution is -0.129. The summed E-state index contributed by atoms with van der Waals surface area (Å²) in [5, 5.41) is 12.5. The molecule has 2 atom stereocenters. The minimum atomic E-state index is -0.551. The zero-order chi connectivity index (χ0) is 16.8. The number of aliphatic hydroxyl groups is 1. The molecular weight excluding hydrogens is 292 g/mol. The Bertz CT molecular complexity index is 530. The molecule has 5 heteroatoms. The molecule has 0 aromatic heterocycles. The second-order valence-corrected chi connectivity index (χ2v) is 6.53. The molecule has 2 amide bonds. The van der Waals surface area contributed by atoms with Gasteiger partial charge in [0.25, 0.3) is 0 Å². The van der Waals surface area contributed by atoms with E-state index in [0.717, 1.165) is 6.42 Å². The number of rotatable bonds is 7. The van der Waals surface area contributed by atoms with Gasteiger partial charge in [-0.05, 0) is 17.9 Å². The summed E-state index contributed by atoms with van der Waals surface area (Å²) >= 11 is 0. The normalized spacial score (nSPS) is 19.2. The Kier molecular flexibility index (Phi) is 6.16. The van der Waals surface area contributed by atoms with Gasteiger partial charge in [0.05, 0.1) is 12.0 Å². The molecule has 126 valence electrons. The van der Waals surface area contributed by atoms with E-state index in [1.165, 1.54) is 5.56 Å². The van der Waals surface area contributed by atoms with Crippen LogP contribution in [0.3, 0.4) is 0 Å². The third-order valence-corrected chi connectivity index (χ3v) is 4.35. The molecule has 1 aliphatic heterocycles. The van der Waals surface area contributed by atoms with E-state index in [-0.39, 0.29) is 36.6 Å². The number of hydrogen-bond acceptors (Lipinski definition) is 3. The van der Waals surface area contributed by atoms with Gasteiger partial charge < -0.3 is 15.3 Å². The number of aliphatic hydroxyl groups excluding tert-OH is 1. The summed E-state index contributed by atoms with van der Waals surface area (Å²) in [7, 11) is 0. The molecule has 2 rings (SSSR count). The molecule has 1 fully saturated rings. The number of carbonyl (C=O) groups excluding carboxylic acids is 2. The van der Waals surface area contributed by atoms with Crippen molar-refractivity contribution >= 4 is 11.8 Å². The fraction of sp³-hybridized carbons (Fsp3) is 0.556. The number of carbonyl (C=O) groups is 2. The highest BCUT2D eigenvalue weighted by atomic mass is 16.3. The maximum Gasteiger partial charge on any atom is 0.225 e. The summed E-state index contributed by atoms with van der Waals surface area (Å²) in [4.78, 5) is 25.9. The molecule has 1 saturated heterocycles. The molecule has 23 heavy (non-hydrogen) atoms. The number of hydrogen-bond donors (Lipinski definition) is 2. The van der Waals surface area contributed by atoms with Gasteiger partial charge in [-0.25, -0.2) is 0 Å². The number of amides is 2. The van der Waals surface area contributed by atoms with Crippen molar-refractivity contribution in [3.8, 4) is 0 Å². The Morgan fingerprint density at radius 2 is 2.04 bits per heavy atom. The first-order chi connectivity index (χ1) is 11.0. The van der Waals surface area contributed by atoms with Crippen LogP contribution in [0.15, 0.2) is 30.3 Å². The predicted octanol–water partition coefficient (Wildman–Crippen LogP) is 1.21. The van der Waals surface area contributed by atoms with Crippen LogP contribution in [0.5, 0.6) is 0 Å². The van der Waals surface area contributed by atoms with Gasteiger partial charge in [0, 0.05) is 26.1 Å². The van der Waals surface area contributed by atoms with Gasteiger partial charge in [0.15, 0.2) is 0 Å². The predicted molar refractivity (Wildman–Crippen MR) is 88.7 cm³/mol. The standard InChI is InChI=1S/C18H26N2O3/c1-13(2)16(21)11-19-18(23)15-10-17(22)20(12-15)9-8-14-6-4-3-5-7-14/h3-7,13,15-16,21H,8-12H2,1-2H3,(H,19,23). The zero-order valence-electron chi connectivity index (χ0n) is 13.9. The van der Waals surface area contributed by atoms with Crippen LogP contribution in [-0.4, -0.2) is 47.6 Å². The largest absolute Gasteiger partial charge is 0.391 e. The van der Waals surface area contributed by atoms with Crippen molar-refractivity contribution < 1.29 is 14.7 Å². The third-order valence-electron chi connectivity index (χ3n) is 4.35. The molecule has 0 bridgehead atoms. The SMILES string of the molecule is CC(C)C(O)CNC(=O)C1CC(=O)N(CCc2ccccc2)C1. The van der Waals surface area contributed by atoms with E-state index in [1.54, 1.807) is 4.90 Å². The third kappa shape index (κ3) is 5.06. The van der Waals surface area contributed by atoms with Crippen molar-refractivity contribution in [3.05, 3.63) is 35.9 Å². The lowest BCUT2D eigenvalue weighted by Crippen LogP contribution is -2.39. The molecule has 0 aliphatic carbocycles. The van der Waals surface area contributed by atoms with E-state index in [1.807, 2.05) is 44.2 Å². The highest BCUT2D eigenvalue weighted by Gasteiger charge is 2.34. The van der Waals surface area contributed by atoms with Gasteiger partial charge in [-0.2, -0.15) is 0 Å². The van der Waals surface area contributed by atoms with Crippen molar-refractivity contribution in [3.63, 3.8) is 0 Å². The lowest BCUT2D eigenvalue weighted by Gasteiger charge is -2.18. The molecule has 2 unspecified atom stereocenters. The van der Waals surface area contributed by atoms with Crippen molar-refractivity contribution in [1.29, 1.82) is 0 Å². The molecular formula is C18H26N2O3. The topological polar surface area (TPSA) is 69.6 Å². The Labute approximate surface area is 137 Å². The highest BCUT2D eigenvalue weighted by Crippen LogP contribution is 2.18. The Morgan fingerprint density at radius 3 is 2.70 bits per heavy atom. The second-order valence-electron chi connectivity index (χ2n) is 6.53. The van der Waals surface area contributed by atoms with E-state index in [2.05, 4.69) is 5.32 Å². The average molecular weight is 318 g/mol. The maximum absolute atomic E-state index is 12.1. The summed E-state index contributed by atoms with van der Waals surface area (Å²) in [6.07, 6.45) is 0.510. The number of benzene rings is 1. The van der Waals surface area contributed by atoms with E-state index in [0.29, 0.717) is 13.1 Å². The first-order valence-corrected chi connectivity index (χ1v) is 8.25. The minimum absolute atomic E-state index is 0.0329. The number of likely N-dealkylation sites (tertiary alicyclic amines) is 1. The van der Waals surface area contributed by atoms with E-state index < -0.39 is 6.10 Å².